The summed E-state index contributed by atoms with van der Waals surface area (Å²) in [6.07, 6.45) is 1.76. The Bertz CT molecular complexity index is 1720. The molecule has 194 valence electrons. The van der Waals surface area contributed by atoms with E-state index in [2.05, 4.69) is 26.5 Å². The van der Waals surface area contributed by atoms with E-state index in [9.17, 15) is 9.18 Å². The third-order valence-electron chi connectivity index (χ3n) is 7.20. The van der Waals surface area contributed by atoms with Crippen LogP contribution in [0.25, 0.3) is 32.9 Å². The quantitative estimate of drug-likeness (QED) is 0.347. The number of aryl methyl sites for hydroxylation is 1. The Morgan fingerprint density at radius 3 is 2.74 bits per heavy atom. The lowest BCUT2D eigenvalue weighted by atomic mass is 9.99. The fourth-order valence-corrected chi connectivity index (χ4v) is 5.21. The van der Waals surface area contributed by atoms with Crippen LogP contribution in [-0.2, 0) is 11.8 Å². The highest BCUT2D eigenvalue weighted by Gasteiger charge is 2.21. The van der Waals surface area contributed by atoms with Crippen LogP contribution in [0.1, 0.15) is 24.1 Å². The van der Waals surface area contributed by atoms with Gasteiger partial charge in [0.25, 0.3) is 5.56 Å². The maximum Gasteiger partial charge on any atom is 0.262 e. The summed E-state index contributed by atoms with van der Waals surface area (Å²) >= 11 is 0. The number of ether oxygens (including phenoxy) is 1. The number of aromatic nitrogens is 4. The highest BCUT2D eigenvalue weighted by molar-refractivity contribution is 5.88. The second-order valence-electron chi connectivity index (χ2n) is 9.85. The van der Waals surface area contributed by atoms with Crippen LogP contribution in [0.3, 0.4) is 0 Å². The molecule has 0 radical (unpaired) electrons. The zero-order valence-electron chi connectivity index (χ0n) is 21.6. The van der Waals surface area contributed by atoms with Crippen molar-refractivity contribution in [2.24, 2.45) is 7.05 Å². The van der Waals surface area contributed by atoms with E-state index in [0.29, 0.717) is 43.2 Å². The first-order chi connectivity index (χ1) is 18.4. The second kappa shape index (κ2) is 9.57. The number of fused-ring (bicyclic) bond motifs is 2. The van der Waals surface area contributed by atoms with Gasteiger partial charge in [-0.3, -0.25) is 14.5 Å². The molecule has 38 heavy (non-hydrogen) atoms. The lowest BCUT2D eigenvalue weighted by Crippen LogP contribution is -2.40. The minimum atomic E-state index is -0.316. The van der Waals surface area contributed by atoms with Crippen molar-refractivity contribution in [1.82, 2.24) is 19.7 Å². The molecule has 1 atom stereocenters. The van der Waals surface area contributed by atoms with E-state index in [1.54, 1.807) is 23.9 Å². The van der Waals surface area contributed by atoms with E-state index in [0.717, 1.165) is 38.8 Å². The van der Waals surface area contributed by atoms with E-state index in [1.165, 1.54) is 12.1 Å². The number of hydrogen-bond donors (Lipinski definition) is 2. The van der Waals surface area contributed by atoms with Crippen molar-refractivity contribution in [3.8, 4) is 11.1 Å². The number of nitrogens with zero attached hydrogens (tertiary/aromatic N) is 4. The number of anilines is 2. The molecule has 0 amide bonds. The van der Waals surface area contributed by atoms with Gasteiger partial charge in [0.05, 0.1) is 41.9 Å². The van der Waals surface area contributed by atoms with Crippen LogP contribution in [0.2, 0.25) is 0 Å². The SMILES string of the molecule is Cc1cc([C@@H](C)Nc2ccc(F)cc2-c2ccc3cn[nH]c3c2)c2nc(N3CCOCC3)n(C)c(=O)c2c1. The summed E-state index contributed by atoms with van der Waals surface area (Å²) in [4.78, 5) is 20.5. The molecule has 2 aromatic heterocycles. The van der Waals surface area contributed by atoms with Crippen LogP contribution in [-0.4, -0.2) is 46.1 Å². The molecule has 8 nitrogen and oxygen atoms in total. The van der Waals surface area contributed by atoms with Gasteiger partial charge in [0, 0.05) is 42.3 Å². The van der Waals surface area contributed by atoms with Gasteiger partial charge >= 0.3 is 0 Å². The van der Waals surface area contributed by atoms with Crippen molar-refractivity contribution in [3.05, 3.63) is 82.0 Å². The van der Waals surface area contributed by atoms with Gasteiger partial charge in [-0.05, 0) is 55.3 Å². The van der Waals surface area contributed by atoms with Crippen molar-refractivity contribution < 1.29 is 9.13 Å². The summed E-state index contributed by atoms with van der Waals surface area (Å²) in [6.45, 7) is 6.58. The molecule has 6 rings (SSSR count). The fourth-order valence-electron chi connectivity index (χ4n) is 5.21. The number of halogens is 1. The van der Waals surface area contributed by atoms with Gasteiger partial charge in [-0.2, -0.15) is 5.10 Å². The maximum atomic E-state index is 14.4. The zero-order chi connectivity index (χ0) is 26.4. The van der Waals surface area contributed by atoms with Crippen LogP contribution < -0.4 is 15.8 Å². The molecular formula is C29H29FN6O2. The topological polar surface area (TPSA) is 88.1 Å². The molecule has 0 unspecified atom stereocenters. The third-order valence-corrected chi connectivity index (χ3v) is 7.20. The molecule has 0 bridgehead atoms. The lowest BCUT2D eigenvalue weighted by molar-refractivity contribution is 0.121. The Labute approximate surface area is 219 Å². The van der Waals surface area contributed by atoms with Gasteiger partial charge in [0.2, 0.25) is 5.95 Å². The number of nitrogens with one attached hydrogen (secondary N) is 2. The van der Waals surface area contributed by atoms with Gasteiger partial charge in [-0.25, -0.2) is 9.37 Å². The summed E-state index contributed by atoms with van der Waals surface area (Å²) in [6, 6.07) is 14.4. The van der Waals surface area contributed by atoms with Crippen molar-refractivity contribution in [1.29, 1.82) is 0 Å². The van der Waals surface area contributed by atoms with E-state index in [1.807, 2.05) is 38.1 Å². The first-order valence-electron chi connectivity index (χ1n) is 12.7. The summed E-state index contributed by atoms with van der Waals surface area (Å²) in [7, 11) is 1.77. The van der Waals surface area contributed by atoms with Crippen molar-refractivity contribution in [3.63, 3.8) is 0 Å². The maximum absolute atomic E-state index is 14.4. The molecule has 0 saturated carbocycles. The molecule has 0 spiro atoms. The summed E-state index contributed by atoms with van der Waals surface area (Å²) in [5.41, 5.74) is 5.74. The largest absolute Gasteiger partial charge is 0.378 e. The van der Waals surface area contributed by atoms with E-state index in [4.69, 9.17) is 9.72 Å². The smallest absolute Gasteiger partial charge is 0.262 e. The molecule has 9 heteroatoms. The molecule has 2 N–H and O–H groups in total. The number of morpholine rings is 1. The number of aromatic amines is 1. The van der Waals surface area contributed by atoms with Crippen LogP contribution in [0.5, 0.6) is 0 Å². The Kier molecular flexibility index (Phi) is 6.07. The Morgan fingerprint density at radius 1 is 1.11 bits per heavy atom. The van der Waals surface area contributed by atoms with Crippen LogP contribution in [0, 0.1) is 12.7 Å². The Balaban J connectivity index is 1.43. The summed E-state index contributed by atoms with van der Waals surface area (Å²) < 4.78 is 21.5. The van der Waals surface area contributed by atoms with E-state index < -0.39 is 0 Å². The summed E-state index contributed by atoms with van der Waals surface area (Å²) in [5, 5.41) is 12.2. The second-order valence-corrected chi connectivity index (χ2v) is 9.85. The highest BCUT2D eigenvalue weighted by Crippen LogP contribution is 2.34. The zero-order valence-corrected chi connectivity index (χ0v) is 21.6. The first-order valence-corrected chi connectivity index (χ1v) is 12.7. The van der Waals surface area contributed by atoms with Gasteiger partial charge in [0.1, 0.15) is 5.82 Å². The van der Waals surface area contributed by atoms with Gasteiger partial charge in [-0.15, -0.1) is 0 Å². The number of H-pyrrole nitrogens is 1. The van der Waals surface area contributed by atoms with Crippen molar-refractivity contribution in [2.45, 2.75) is 19.9 Å². The number of rotatable bonds is 5. The number of hydrogen-bond acceptors (Lipinski definition) is 6. The monoisotopic (exact) mass is 512 g/mol. The number of benzene rings is 3. The van der Waals surface area contributed by atoms with E-state index >= 15 is 0 Å². The van der Waals surface area contributed by atoms with Crippen LogP contribution in [0.15, 0.2) is 59.5 Å². The third kappa shape index (κ3) is 4.28. The molecule has 3 heterocycles. The van der Waals surface area contributed by atoms with E-state index in [-0.39, 0.29) is 17.4 Å². The van der Waals surface area contributed by atoms with Crippen LogP contribution >= 0.6 is 0 Å². The average molecular weight is 513 g/mol. The minimum Gasteiger partial charge on any atom is -0.378 e. The predicted octanol–water partition coefficient (Wildman–Crippen LogP) is 4.93. The lowest BCUT2D eigenvalue weighted by Gasteiger charge is -2.29. The molecule has 1 aliphatic rings. The van der Waals surface area contributed by atoms with Gasteiger partial charge < -0.3 is 15.0 Å². The molecule has 1 saturated heterocycles. The van der Waals surface area contributed by atoms with Crippen molar-refractivity contribution in [2.75, 3.05) is 36.5 Å². The minimum absolute atomic E-state index is 0.0797. The van der Waals surface area contributed by atoms with Gasteiger partial charge in [0.15, 0.2) is 0 Å². The molecule has 3 aromatic carbocycles. The van der Waals surface area contributed by atoms with Gasteiger partial charge in [-0.1, -0.05) is 18.2 Å². The Morgan fingerprint density at radius 2 is 1.92 bits per heavy atom. The Hall–Kier alpha value is -4.24. The first kappa shape index (κ1) is 24.1. The fraction of sp³-hybridized carbons (Fsp3) is 0.276. The van der Waals surface area contributed by atoms with Crippen molar-refractivity contribution >= 4 is 33.4 Å². The molecule has 1 fully saturated rings. The average Bonchev–Trinajstić information content (AvgIpc) is 3.40. The molecular weight excluding hydrogens is 483 g/mol. The van der Waals surface area contributed by atoms with Crippen LogP contribution in [0.4, 0.5) is 16.0 Å². The molecule has 0 aliphatic carbocycles. The highest BCUT2D eigenvalue weighted by atomic mass is 19.1. The standard InChI is InChI=1S/C29H29FN6O2/c1-17-12-22(27-24(13-17)28(37)35(3)29(33-27)36-8-10-38-11-9-36)18(2)32-25-7-6-21(30)15-23(25)19-4-5-20-16-31-34-26(20)14-19/h4-7,12-16,18,32H,8-11H2,1-3H3,(H,31,34)/t18-/m1/s1. The summed E-state index contributed by atoms with van der Waals surface area (Å²) in [5.74, 6) is 0.322. The molecule has 5 aromatic rings. The predicted molar refractivity (Wildman–Crippen MR) is 148 cm³/mol. The molecule has 1 aliphatic heterocycles. The normalized spacial score (nSPS) is 14.8.